The van der Waals surface area contributed by atoms with E-state index in [2.05, 4.69) is 22.6 Å². The number of carboxylic acids is 1. The van der Waals surface area contributed by atoms with Crippen molar-refractivity contribution in [2.75, 3.05) is 0 Å². The monoisotopic (exact) mass is 287 g/mol. The van der Waals surface area contributed by atoms with E-state index in [1.54, 1.807) is 19.1 Å². The number of rotatable bonds is 1. The minimum Gasteiger partial charge on any atom is -0.478 e. The van der Waals surface area contributed by atoms with Crippen LogP contribution in [0.3, 0.4) is 0 Å². The molecule has 0 radical (unpaired) electrons. The quantitative estimate of drug-likeness (QED) is 0.805. The molecule has 0 atom stereocenters. The molecule has 0 heterocycles. The van der Waals surface area contributed by atoms with Crippen molar-refractivity contribution >= 4 is 28.6 Å². The van der Waals surface area contributed by atoms with E-state index in [-0.39, 0.29) is 11.1 Å². The van der Waals surface area contributed by atoms with Gasteiger partial charge in [-0.15, -0.1) is 0 Å². The lowest BCUT2D eigenvalue weighted by molar-refractivity contribution is 0.0696. The number of hydrogen-bond donors (Lipinski definition) is 1. The van der Waals surface area contributed by atoms with Crippen molar-refractivity contribution in [3.8, 4) is 6.07 Å². The van der Waals surface area contributed by atoms with E-state index in [1.165, 1.54) is 0 Å². The van der Waals surface area contributed by atoms with Crippen LogP contribution in [-0.4, -0.2) is 11.1 Å². The van der Waals surface area contributed by atoms with Gasteiger partial charge in [-0.25, -0.2) is 4.79 Å². The molecule has 0 aliphatic carbocycles. The zero-order chi connectivity index (χ0) is 10.0. The Morgan fingerprint density at radius 3 is 2.69 bits per heavy atom. The van der Waals surface area contributed by atoms with Crippen LogP contribution >= 0.6 is 22.6 Å². The van der Waals surface area contributed by atoms with Crippen LogP contribution in [0.1, 0.15) is 21.5 Å². The Bertz CT molecular complexity index is 407. The van der Waals surface area contributed by atoms with E-state index in [0.717, 1.165) is 3.57 Å². The molecule has 0 saturated carbocycles. The van der Waals surface area contributed by atoms with Crippen molar-refractivity contribution in [1.82, 2.24) is 0 Å². The Labute approximate surface area is 89.1 Å². The van der Waals surface area contributed by atoms with E-state index < -0.39 is 5.97 Å². The number of benzene rings is 1. The third-order valence-electron chi connectivity index (χ3n) is 1.63. The van der Waals surface area contributed by atoms with Gasteiger partial charge in [0.05, 0.1) is 11.1 Å². The predicted octanol–water partition coefficient (Wildman–Crippen LogP) is 2.17. The topological polar surface area (TPSA) is 61.1 Å². The maximum absolute atomic E-state index is 10.8. The molecule has 1 aromatic carbocycles. The van der Waals surface area contributed by atoms with E-state index in [1.807, 2.05) is 6.07 Å². The van der Waals surface area contributed by atoms with Gasteiger partial charge >= 0.3 is 5.97 Å². The largest absolute Gasteiger partial charge is 0.478 e. The minimum atomic E-state index is -1.05. The molecule has 1 aromatic rings. The fourth-order valence-corrected chi connectivity index (χ4v) is 1.89. The van der Waals surface area contributed by atoms with Gasteiger partial charge in [0.2, 0.25) is 0 Å². The molecule has 0 aromatic heterocycles. The van der Waals surface area contributed by atoms with E-state index in [9.17, 15) is 4.79 Å². The maximum Gasteiger partial charge on any atom is 0.337 e. The summed E-state index contributed by atoms with van der Waals surface area (Å²) >= 11 is 2.05. The Hall–Kier alpha value is -1.09. The molecule has 0 aliphatic heterocycles. The third-order valence-corrected chi connectivity index (χ3v) is 2.26. The second-order valence-corrected chi connectivity index (χ2v) is 3.81. The smallest absolute Gasteiger partial charge is 0.337 e. The summed E-state index contributed by atoms with van der Waals surface area (Å²) < 4.78 is 0.872. The number of nitriles is 1. The average molecular weight is 287 g/mol. The summed E-state index contributed by atoms with van der Waals surface area (Å²) in [7, 11) is 0. The van der Waals surface area contributed by atoms with Gasteiger partial charge < -0.3 is 5.11 Å². The fraction of sp³-hybridized carbons (Fsp3) is 0.111. The Morgan fingerprint density at radius 1 is 1.62 bits per heavy atom. The highest BCUT2D eigenvalue weighted by Crippen LogP contribution is 2.17. The number of hydrogen-bond acceptors (Lipinski definition) is 2. The van der Waals surface area contributed by atoms with Gasteiger partial charge in [0.1, 0.15) is 6.07 Å². The van der Waals surface area contributed by atoms with Crippen LogP contribution in [0.25, 0.3) is 0 Å². The molecule has 0 aliphatic rings. The normalized spacial score (nSPS) is 9.31. The van der Waals surface area contributed by atoms with Gasteiger partial charge in [0.15, 0.2) is 0 Å². The van der Waals surface area contributed by atoms with Crippen molar-refractivity contribution in [2.45, 2.75) is 6.92 Å². The van der Waals surface area contributed by atoms with Crippen LogP contribution in [-0.2, 0) is 0 Å². The van der Waals surface area contributed by atoms with Crippen molar-refractivity contribution in [3.63, 3.8) is 0 Å². The van der Waals surface area contributed by atoms with Crippen LogP contribution in [0.15, 0.2) is 12.1 Å². The lowest BCUT2D eigenvalue weighted by Gasteiger charge is -2.03. The zero-order valence-electron chi connectivity index (χ0n) is 6.84. The molecular formula is C9H6INO2. The average Bonchev–Trinajstić information content (AvgIpc) is 2.01. The van der Waals surface area contributed by atoms with Gasteiger partial charge in [-0.3, -0.25) is 0 Å². The highest BCUT2D eigenvalue weighted by molar-refractivity contribution is 14.1. The second kappa shape index (κ2) is 3.75. The number of aromatic carboxylic acids is 1. The molecule has 66 valence electrons. The van der Waals surface area contributed by atoms with Crippen LogP contribution in [0, 0.1) is 21.8 Å². The van der Waals surface area contributed by atoms with Crippen LogP contribution in [0.2, 0.25) is 0 Å². The molecule has 0 unspecified atom stereocenters. The summed E-state index contributed by atoms with van der Waals surface area (Å²) in [4.78, 5) is 10.8. The first-order valence-corrected chi connectivity index (χ1v) is 4.57. The van der Waals surface area contributed by atoms with E-state index in [4.69, 9.17) is 10.4 Å². The molecule has 0 saturated heterocycles. The van der Waals surface area contributed by atoms with Crippen molar-refractivity contribution in [1.29, 1.82) is 5.26 Å². The molecule has 1 rings (SSSR count). The Kier molecular flexibility index (Phi) is 2.88. The molecule has 0 bridgehead atoms. The van der Waals surface area contributed by atoms with Gasteiger partial charge in [-0.1, -0.05) is 0 Å². The van der Waals surface area contributed by atoms with Gasteiger partial charge in [0.25, 0.3) is 0 Å². The van der Waals surface area contributed by atoms with E-state index in [0.29, 0.717) is 5.56 Å². The molecule has 0 amide bonds. The van der Waals surface area contributed by atoms with Gasteiger partial charge in [-0.2, -0.15) is 5.26 Å². The molecular weight excluding hydrogens is 281 g/mol. The van der Waals surface area contributed by atoms with Crippen molar-refractivity contribution in [2.24, 2.45) is 0 Å². The maximum atomic E-state index is 10.8. The standard InChI is InChI=1S/C9H6INO2/c1-5-2-7(10)3-6(4-11)8(5)9(12)13/h2-3H,1H3,(H,12,13). The number of aryl methyl sites for hydroxylation is 1. The number of carbonyl (C=O) groups is 1. The molecule has 4 heteroatoms. The lowest BCUT2D eigenvalue weighted by Crippen LogP contribution is -2.03. The molecule has 13 heavy (non-hydrogen) atoms. The third kappa shape index (κ3) is 1.98. The zero-order valence-corrected chi connectivity index (χ0v) is 8.99. The lowest BCUT2D eigenvalue weighted by atomic mass is 10.0. The van der Waals surface area contributed by atoms with Crippen LogP contribution in [0.4, 0.5) is 0 Å². The number of nitrogens with zero attached hydrogens (tertiary/aromatic N) is 1. The van der Waals surface area contributed by atoms with Crippen molar-refractivity contribution in [3.05, 3.63) is 32.4 Å². The summed E-state index contributed by atoms with van der Waals surface area (Å²) in [5.41, 5.74) is 0.941. The summed E-state index contributed by atoms with van der Waals surface area (Å²) in [5.74, 6) is -1.05. The Morgan fingerprint density at radius 2 is 2.23 bits per heavy atom. The highest BCUT2D eigenvalue weighted by Gasteiger charge is 2.13. The fourth-order valence-electron chi connectivity index (χ4n) is 1.12. The first-order chi connectivity index (χ1) is 6.06. The summed E-state index contributed by atoms with van der Waals surface area (Å²) in [5, 5.41) is 17.5. The number of carboxylic acid groups (broad SMARTS) is 1. The Balaban J connectivity index is 3.50. The minimum absolute atomic E-state index is 0.0999. The summed E-state index contributed by atoms with van der Waals surface area (Å²) in [6, 6.07) is 5.18. The van der Waals surface area contributed by atoms with Gasteiger partial charge in [0, 0.05) is 3.57 Å². The molecule has 0 fully saturated rings. The van der Waals surface area contributed by atoms with Crippen LogP contribution in [0.5, 0.6) is 0 Å². The summed E-state index contributed by atoms with van der Waals surface area (Å²) in [6.07, 6.45) is 0. The number of halogens is 1. The SMILES string of the molecule is Cc1cc(I)cc(C#N)c1C(=O)O. The van der Waals surface area contributed by atoms with Crippen LogP contribution < -0.4 is 0 Å². The molecule has 0 spiro atoms. The molecule has 3 nitrogen and oxygen atoms in total. The van der Waals surface area contributed by atoms with E-state index >= 15 is 0 Å². The first kappa shape index (κ1) is 9.99. The predicted molar refractivity (Wildman–Crippen MR) is 55.6 cm³/mol. The first-order valence-electron chi connectivity index (χ1n) is 3.50. The van der Waals surface area contributed by atoms with Gasteiger partial charge in [-0.05, 0) is 47.2 Å². The highest BCUT2D eigenvalue weighted by atomic mass is 127. The molecule has 1 N–H and O–H groups in total. The second-order valence-electron chi connectivity index (χ2n) is 2.56. The summed E-state index contributed by atoms with van der Waals surface area (Å²) in [6.45, 7) is 1.69. The van der Waals surface area contributed by atoms with Crippen molar-refractivity contribution < 1.29 is 9.90 Å².